The number of nitrogen functional groups attached to an aromatic ring is 1. The number of nitrogens with two attached hydrogens (primary N) is 1. The highest BCUT2D eigenvalue weighted by atomic mass is 16.5. The molecule has 4 rings (SSSR count). The van der Waals surface area contributed by atoms with Crippen molar-refractivity contribution in [2.45, 2.75) is 37.8 Å². The predicted molar refractivity (Wildman–Crippen MR) is 110 cm³/mol. The normalized spacial score (nSPS) is 20.9. The third-order valence-electron chi connectivity index (χ3n) is 5.70. The second-order valence-corrected chi connectivity index (χ2v) is 7.73. The number of nitrogens with zero attached hydrogens (tertiary/aromatic N) is 2. The summed E-state index contributed by atoms with van der Waals surface area (Å²) in [6.07, 6.45) is 8.11. The largest absolute Gasteiger partial charge is 0.398 e. The van der Waals surface area contributed by atoms with Crippen molar-refractivity contribution >= 4 is 11.6 Å². The number of pyridine rings is 1. The van der Waals surface area contributed by atoms with Gasteiger partial charge in [-0.15, -0.1) is 0 Å². The summed E-state index contributed by atoms with van der Waals surface area (Å²) < 4.78 is 5.74. The van der Waals surface area contributed by atoms with Crippen molar-refractivity contribution in [3.63, 3.8) is 0 Å². The summed E-state index contributed by atoms with van der Waals surface area (Å²) >= 11 is 0. The van der Waals surface area contributed by atoms with Crippen molar-refractivity contribution in [1.82, 2.24) is 15.2 Å². The number of piperidine rings is 1. The van der Waals surface area contributed by atoms with E-state index >= 15 is 0 Å². The number of amides is 1. The fourth-order valence-corrected chi connectivity index (χ4v) is 4.08. The number of benzene rings is 1. The first-order valence-corrected chi connectivity index (χ1v) is 10.1. The van der Waals surface area contributed by atoms with Gasteiger partial charge in [0, 0.05) is 61.5 Å². The van der Waals surface area contributed by atoms with Gasteiger partial charge >= 0.3 is 0 Å². The van der Waals surface area contributed by atoms with Gasteiger partial charge in [0.15, 0.2) is 0 Å². The molecule has 2 saturated heterocycles. The van der Waals surface area contributed by atoms with Crippen LogP contribution >= 0.6 is 0 Å². The van der Waals surface area contributed by atoms with Gasteiger partial charge in [0.2, 0.25) is 0 Å². The maximum Gasteiger partial charge on any atom is 0.251 e. The molecule has 1 amide bonds. The Morgan fingerprint density at radius 3 is 2.86 bits per heavy atom. The van der Waals surface area contributed by atoms with Crippen molar-refractivity contribution in [3.05, 3.63) is 48.3 Å². The molecule has 1 atom stereocenters. The van der Waals surface area contributed by atoms with E-state index in [1.165, 1.54) is 12.8 Å². The zero-order valence-electron chi connectivity index (χ0n) is 16.1. The number of ether oxygens (including phenoxy) is 1. The van der Waals surface area contributed by atoms with Gasteiger partial charge in [-0.25, -0.2) is 0 Å². The van der Waals surface area contributed by atoms with Crippen molar-refractivity contribution < 1.29 is 9.53 Å². The van der Waals surface area contributed by atoms with E-state index in [1.54, 1.807) is 18.5 Å². The molecule has 0 radical (unpaired) electrons. The van der Waals surface area contributed by atoms with Gasteiger partial charge in [-0.05, 0) is 49.4 Å². The Hall–Kier alpha value is -2.44. The number of carbonyl (C=O) groups is 1. The molecule has 6 nitrogen and oxygen atoms in total. The first-order valence-electron chi connectivity index (χ1n) is 10.1. The number of carbonyl (C=O) groups excluding carboxylic acids is 1. The maximum absolute atomic E-state index is 12.7. The van der Waals surface area contributed by atoms with Crippen molar-refractivity contribution in [2.24, 2.45) is 0 Å². The zero-order valence-corrected chi connectivity index (χ0v) is 16.1. The summed E-state index contributed by atoms with van der Waals surface area (Å²) in [5, 5.41) is 3.20. The van der Waals surface area contributed by atoms with Crippen LogP contribution in [0.3, 0.4) is 0 Å². The molecule has 2 aliphatic heterocycles. The van der Waals surface area contributed by atoms with Crippen LogP contribution in [-0.2, 0) is 4.74 Å². The van der Waals surface area contributed by atoms with Crippen LogP contribution in [0.5, 0.6) is 0 Å². The van der Waals surface area contributed by atoms with Crippen LogP contribution in [0.4, 0.5) is 5.69 Å². The Morgan fingerprint density at radius 1 is 1.25 bits per heavy atom. The highest BCUT2D eigenvalue weighted by Crippen LogP contribution is 2.25. The quantitative estimate of drug-likeness (QED) is 0.834. The highest BCUT2D eigenvalue weighted by molar-refractivity contribution is 5.96. The number of likely N-dealkylation sites (tertiary alicyclic amines) is 1. The number of hydrogen-bond acceptors (Lipinski definition) is 5. The first kappa shape index (κ1) is 18.9. The molecule has 148 valence electrons. The lowest BCUT2D eigenvalue weighted by Crippen LogP contribution is -2.46. The smallest absolute Gasteiger partial charge is 0.251 e. The predicted octanol–water partition coefficient (Wildman–Crippen LogP) is 2.70. The molecule has 0 spiro atoms. The summed E-state index contributed by atoms with van der Waals surface area (Å²) in [5.74, 6) is -0.0260. The van der Waals surface area contributed by atoms with Crippen LogP contribution in [0, 0.1) is 0 Å². The van der Waals surface area contributed by atoms with Gasteiger partial charge in [-0.3, -0.25) is 9.78 Å². The van der Waals surface area contributed by atoms with Crippen molar-refractivity contribution in [3.8, 4) is 11.1 Å². The Kier molecular flexibility index (Phi) is 5.88. The number of nitrogens with one attached hydrogen (secondary N) is 1. The van der Waals surface area contributed by atoms with Crippen LogP contribution in [0.15, 0.2) is 42.7 Å². The Labute approximate surface area is 166 Å². The third kappa shape index (κ3) is 4.51. The van der Waals surface area contributed by atoms with Crippen LogP contribution in [0.2, 0.25) is 0 Å². The van der Waals surface area contributed by atoms with Crippen LogP contribution in [0.25, 0.3) is 11.1 Å². The molecule has 2 aliphatic rings. The maximum atomic E-state index is 12.7. The summed E-state index contributed by atoms with van der Waals surface area (Å²) in [7, 11) is 0. The molecule has 2 fully saturated rings. The molecule has 0 unspecified atom stereocenters. The van der Waals surface area contributed by atoms with Crippen LogP contribution < -0.4 is 11.1 Å². The zero-order chi connectivity index (χ0) is 19.3. The monoisotopic (exact) mass is 380 g/mol. The van der Waals surface area contributed by atoms with E-state index in [9.17, 15) is 4.79 Å². The average molecular weight is 380 g/mol. The molecule has 0 aliphatic carbocycles. The van der Waals surface area contributed by atoms with Gasteiger partial charge < -0.3 is 20.7 Å². The second kappa shape index (κ2) is 8.71. The minimum Gasteiger partial charge on any atom is -0.398 e. The summed E-state index contributed by atoms with van der Waals surface area (Å²) in [6.45, 7) is 3.95. The summed E-state index contributed by atoms with van der Waals surface area (Å²) in [4.78, 5) is 19.4. The van der Waals surface area contributed by atoms with Crippen molar-refractivity contribution in [1.29, 1.82) is 0 Å². The molecular weight excluding hydrogens is 352 g/mol. The fourth-order valence-electron chi connectivity index (χ4n) is 4.08. The van der Waals surface area contributed by atoms with Crippen LogP contribution in [-0.4, -0.2) is 54.2 Å². The van der Waals surface area contributed by atoms with Gasteiger partial charge in [0.1, 0.15) is 0 Å². The molecule has 6 heteroatoms. The van der Waals surface area contributed by atoms with E-state index in [0.29, 0.717) is 17.4 Å². The number of hydrogen-bond donors (Lipinski definition) is 2. The number of aromatic nitrogens is 1. The minimum atomic E-state index is -0.0260. The first-order chi connectivity index (χ1) is 13.7. The highest BCUT2D eigenvalue weighted by Gasteiger charge is 2.25. The molecule has 3 heterocycles. The molecular formula is C22H28N4O2. The SMILES string of the molecule is Nc1ccncc1-c1cccc(C(=O)NC2CCN(C[C@@H]3CCCO3)CC2)c1. The third-order valence-corrected chi connectivity index (χ3v) is 5.70. The molecule has 1 aromatic carbocycles. The van der Waals surface area contributed by atoms with E-state index < -0.39 is 0 Å². The van der Waals surface area contributed by atoms with Crippen LogP contribution in [0.1, 0.15) is 36.0 Å². The van der Waals surface area contributed by atoms with Gasteiger partial charge in [-0.2, -0.15) is 0 Å². The van der Waals surface area contributed by atoms with E-state index in [4.69, 9.17) is 10.5 Å². The van der Waals surface area contributed by atoms with E-state index in [1.807, 2.05) is 24.3 Å². The minimum absolute atomic E-state index is 0.0260. The Balaban J connectivity index is 1.33. The standard InChI is InChI=1S/C22H28N4O2/c23-21-6-9-24-14-20(21)16-3-1-4-17(13-16)22(27)25-18-7-10-26(11-8-18)15-19-5-2-12-28-19/h1,3-4,6,9,13-14,18-19H,2,5,7-8,10-12,15H2,(H2,23,24)(H,25,27)/t19-/m0/s1. The lowest BCUT2D eigenvalue weighted by Gasteiger charge is -2.33. The molecule has 0 saturated carbocycles. The summed E-state index contributed by atoms with van der Waals surface area (Å²) in [6, 6.07) is 9.56. The summed E-state index contributed by atoms with van der Waals surface area (Å²) in [5.41, 5.74) is 9.11. The van der Waals surface area contributed by atoms with E-state index in [2.05, 4.69) is 15.2 Å². The van der Waals surface area contributed by atoms with E-state index in [0.717, 1.165) is 50.2 Å². The molecule has 1 aromatic heterocycles. The fraction of sp³-hybridized carbons (Fsp3) is 0.455. The van der Waals surface area contributed by atoms with Gasteiger partial charge in [-0.1, -0.05) is 12.1 Å². The average Bonchev–Trinajstić information content (AvgIpc) is 3.23. The number of anilines is 1. The topological polar surface area (TPSA) is 80.5 Å². The van der Waals surface area contributed by atoms with Crippen molar-refractivity contribution in [2.75, 3.05) is 32.0 Å². The van der Waals surface area contributed by atoms with Gasteiger partial charge in [0.25, 0.3) is 5.91 Å². The Bertz CT molecular complexity index is 812. The Morgan fingerprint density at radius 2 is 2.11 bits per heavy atom. The number of rotatable bonds is 5. The van der Waals surface area contributed by atoms with Gasteiger partial charge in [0.05, 0.1) is 6.10 Å². The second-order valence-electron chi connectivity index (χ2n) is 7.73. The van der Waals surface area contributed by atoms with E-state index in [-0.39, 0.29) is 11.9 Å². The molecule has 2 aromatic rings. The molecule has 3 N–H and O–H groups in total. The molecule has 0 bridgehead atoms. The molecule has 28 heavy (non-hydrogen) atoms. The lowest BCUT2D eigenvalue weighted by molar-refractivity contribution is 0.0613. The lowest BCUT2D eigenvalue weighted by atomic mass is 10.0.